The van der Waals surface area contributed by atoms with Crippen molar-refractivity contribution in [3.8, 4) is 17.1 Å². The quantitative estimate of drug-likeness (QED) is 0.320. The van der Waals surface area contributed by atoms with E-state index < -0.39 is 0 Å². The third-order valence-corrected chi connectivity index (χ3v) is 6.59. The number of aromatic nitrogens is 3. The molecule has 5 nitrogen and oxygen atoms in total. The number of hydrogen-bond acceptors (Lipinski definition) is 5. The molecule has 0 fully saturated rings. The van der Waals surface area contributed by atoms with Crippen LogP contribution in [0.4, 0.5) is 0 Å². The lowest BCUT2D eigenvalue weighted by molar-refractivity contribution is 0.305. The molecule has 4 aromatic rings. The molecular formula is C27H31N3O2S. The lowest BCUT2D eigenvalue weighted by Crippen LogP contribution is -2.23. The van der Waals surface area contributed by atoms with Gasteiger partial charge in [-0.05, 0) is 53.3 Å². The summed E-state index contributed by atoms with van der Waals surface area (Å²) in [6, 6.07) is 16.1. The molecule has 0 aliphatic carbocycles. The number of nitrogens with zero attached hydrogens (tertiary/aromatic N) is 3. The van der Waals surface area contributed by atoms with Crippen LogP contribution >= 0.6 is 11.3 Å². The largest absolute Gasteiger partial charge is 0.494 e. The number of hydrogen-bond donors (Lipinski definition) is 0. The molecule has 0 radical (unpaired) electrons. The van der Waals surface area contributed by atoms with E-state index in [1.165, 1.54) is 40.7 Å². The van der Waals surface area contributed by atoms with E-state index in [2.05, 4.69) is 62.0 Å². The Morgan fingerprint density at radius 3 is 2.36 bits per heavy atom. The average molecular weight is 462 g/mol. The van der Waals surface area contributed by atoms with Crippen molar-refractivity contribution in [2.24, 2.45) is 0 Å². The molecule has 0 amide bonds. The first-order valence-corrected chi connectivity index (χ1v) is 12.4. The van der Waals surface area contributed by atoms with Gasteiger partial charge in [0.25, 0.3) is 5.56 Å². The summed E-state index contributed by atoms with van der Waals surface area (Å²) in [5, 5.41) is 4.46. The fraction of sp³-hybridized carbons (Fsp3) is 0.370. The molecule has 0 unspecified atom stereocenters. The fourth-order valence-electron chi connectivity index (χ4n) is 3.61. The van der Waals surface area contributed by atoms with Crippen molar-refractivity contribution in [3.05, 3.63) is 74.5 Å². The number of fused-ring (bicyclic) bond motifs is 1. The Hall–Kier alpha value is -2.99. The van der Waals surface area contributed by atoms with Crippen LogP contribution in [0.15, 0.2) is 53.3 Å². The Morgan fingerprint density at radius 1 is 1.00 bits per heavy atom. The first kappa shape index (κ1) is 23.2. The maximum atomic E-state index is 12.9. The molecule has 0 spiro atoms. The third kappa shape index (κ3) is 5.50. The Bertz CT molecular complexity index is 1310. The summed E-state index contributed by atoms with van der Waals surface area (Å²) in [6.07, 6.45) is 6.64. The Labute approximate surface area is 198 Å². The SMILES string of the molecule is CCCCCCOc1ccc(-c2nc3sc(=Cc4ccc(C(C)(C)C)cc4)c(=O)n3n2)cc1. The summed E-state index contributed by atoms with van der Waals surface area (Å²) in [5.74, 6) is 1.39. The van der Waals surface area contributed by atoms with Crippen molar-refractivity contribution in [1.29, 1.82) is 0 Å². The third-order valence-electron chi connectivity index (χ3n) is 5.64. The monoisotopic (exact) mass is 461 g/mol. The van der Waals surface area contributed by atoms with Gasteiger partial charge in [-0.2, -0.15) is 9.50 Å². The first-order chi connectivity index (χ1) is 15.8. The maximum absolute atomic E-state index is 12.9. The highest BCUT2D eigenvalue weighted by Gasteiger charge is 2.14. The van der Waals surface area contributed by atoms with Crippen LogP contribution in [0.2, 0.25) is 0 Å². The molecule has 2 aromatic carbocycles. The van der Waals surface area contributed by atoms with E-state index in [0.717, 1.165) is 29.9 Å². The topological polar surface area (TPSA) is 56.5 Å². The second-order valence-electron chi connectivity index (χ2n) is 9.35. The van der Waals surface area contributed by atoms with Gasteiger partial charge in [0.1, 0.15) is 5.75 Å². The van der Waals surface area contributed by atoms with E-state index in [0.29, 0.717) is 15.3 Å². The fourth-order valence-corrected chi connectivity index (χ4v) is 4.51. The Balaban J connectivity index is 1.50. The molecule has 33 heavy (non-hydrogen) atoms. The van der Waals surface area contributed by atoms with Crippen molar-refractivity contribution in [2.75, 3.05) is 6.61 Å². The number of ether oxygens (including phenoxy) is 1. The average Bonchev–Trinajstić information content (AvgIpc) is 3.33. The van der Waals surface area contributed by atoms with Crippen LogP contribution in [0.25, 0.3) is 22.4 Å². The smallest absolute Gasteiger partial charge is 0.291 e. The van der Waals surface area contributed by atoms with E-state index >= 15 is 0 Å². The predicted molar refractivity (Wildman–Crippen MR) is 136 cm³/mol. The minimum atomic E-state index is -0.138. The van der Waals surface area contributed by atoms with E-state index in [1.54, 1.807) is 0 Å². The van der Waals surface area contributed by atoms with E-state index in [4.69, 9.17) is 4.74 Å². The molecule has 0 bridgehead atoms. The van der Waals surface area contributed by atoms with Gasteiger partial charge in [0, 0.05) is 5.56 Å². The number of benzene rings is 2. The molecule has 2 heterocycles. The molecule has 0 saturated carbocycles. The highest BCUT2D eigenvalue weighted by Crippen LogP contribution is 2.23. The van der Waals surface area contributed by atoms with Crippen LogP contribution < -0.4 is 14.8 Å². The van der Waals surface area contributed by atoms with Crippen LogP contribution in [0.1, 0.15) is 64.5 Å². The minimum Gasteiger partial charge on any atom is -0.494 e. The van der Waals surface area contributed by atoms with Crippen molar-refractivity contribution >= 4 is 22.4 Å². The summed E-state index contributed by atoms with van der Waals surface area (Å²) in [7, 11) is 0. The van der Waals surface area contributed by atoms with Gasteiger partial charge in [-0.3, -0.25) is 4.79 Å². The Kier molecular flexibility index (Phi) is 6.94. The van der Waals surface area contributed by atoms with Crippen LogP contribution in [0, 0.1) is 0 Å². The van der Waals surface area contributed by atoms with Crippen molar-refractivity contribution in [1.82, 2.24) is 14.6 Å². The molecule has 0 aliphatic heterocycles. The zero-order chi connectivity index (χ0) is 23.4. The lowest BCUT2D eigenvalue weighted by atomic mass is 9.87. The predicted octanol–water partition coefficient (Wildman–Crippen LogP) is 5.62. The van der Waals surface area contributed by atoms with Gasteiger partial charge in [-0.25, -0.2) is 0 Å². The molecule has 2 aromatic heterocycles. The maximum Gasteiger partial charge on any atom is 0.291 e. The molecule has 172 valence electrons. The van der Waals surface area contributed by atoms with Gasteiger partial charge in [0.05, 0.1) is 11.1 Å². The molecule has 0 N–H and O–H groups in total. The number of unbranched alkanes of at least 4 members (excludes halogenated alkanes) is 3. The van der Waals surface area contributed by atoms with E-state index in [-0.39, 0.29) is 11.0 Å². The van der Waals surface area contributed by atoms with Gasteiger partial charge in [-0.1, -0.05) is 82.6 Å². The van der Waals surface area contributed by atoms with Crippen LogP contribution in [-0.4, -0.2) is 21.2 Å². The molecule has 6 heteroatoms. The summed E-state index contributed by atoms with van der Waals surface area (Å²) >= 11 is 1.36. The second kappa shape index (κ2) is 9.87. The van der Waals surface area contributed by atoms with Gasteiger partial charge in [0.2, 0.25) is 4.96 Å². The van der Waals surface area contributed by atoms with Crippen LogP contribution in [-0.2, 0) is 5.41 Å². The van der Waals surface area contributed by atoms with Crippen LogP contribution in [0.3, 0.4) is 0 Å². The number of thiazole rings is 1. The zero-order valence-corrected chi connectivity index (χ0v) is 20.6. The zero-order valence-electron chi connectivity index (χ0n) is 19.8. The van der Waals surface area contributed by atoms with Crippen molar-refractivity contribution in [2.45, 2.75) is 58.8 Å². The normalized spacial score (nSPS) is 12.5. The van der Waals surface area contributed by atoms with E-state index in [1.807, 2.05) is 30.3 Å². The summed E-state index contributed by atoms with van der Waals surface area (Å²) < 4.78 is 7.83. The number of rotatable bonds is 8. The van der Waals surface area contributed by atoms with Crippen LogP contribution in [0.5, 0.6) is 5.75 Å². The van der Waals surface area contributed by atoms with Crippen molar-refractivity contribution in [3.63, 3.8) is 0 Å². The standard InChI is InChI=1S/C27H31N3O2S/c1-5-6-7-8-17-32-22-15-11-20(12-16-22)24-28-26-30(29-24)25(31)23(33-26)18-19-9-13-21(14-10-19)27(2,3)4/h9-16,18H,5-8,17H2,1-4H3. The Morgan fingerprint density at radius 2 is 1.73 bits per heavy atom. The lowest BCUT2D eigenvalue weighted by Gasteiger charge is -2.18. The summed E-state index contributed by atoms with van der Waals surface area (Å²) in [6.45, 7) is 9.50. The molecular weight excluding hydrogens is 430 g/mol. The van der Waals surface area contributed by atoms with Gasteiger partial charge in [0.15, 0.2) is 5.82 Å². The highest BCUT2D eigenvalue weighted by molar-refractivity contribution is 7.15. The molecule has 0 saturated heterocycles. The van der Waals surface area contributed by atoms with Gasteiger partial charge < -0.3 is 4.74 Å². The molecule has 0 aliphatic rings. The van der Waals surface area contributed by atoms with Gasteiger partial charge >= 0.3 is 0 Å². The highest BCUT2D eigenvalue weighted by atomic mass is 32.1. The summed E-state index contributed by atoms with van der Waals surface area (Å²) in [4.78, 5) is 18.1. The van der Waals surface area contributed by atoms with E-state index in [9.17, 15) is 4.79 Å². The summed E-state index contributed by atoms with van der Waals surface area (Å²) in [5.41, 5.74) is 3.09. The van der Waals surface area contributed by atoms with Gasteiger partial charge in [-0.15, -0.1) is 5.10 Å². The molecule has 4 rings (SSSR count). The first-order valence-electron chi connectivity index (χ1n) is 11.6. The second-order valence-corrected chi connectivity index (χ2v) is 10.4. The van der Waals surface area contributed by atoms with Crippen molar-refractivity contribution < 1.29 is 4.74 Å². The minimum absolute atomic E-state index is 0.102. The molecule has 0 atom stereocenters.